The maximum atomic E-state index is 9.63. The molecule has 0 atom stereocenters. The third-order valence-electron chi connectivity index (χ3n) is 4.20. The van der Waals surface area contributed by atoms with Crippen LogP contribution in [-0.4, -0.2) is 12.2 Å². The lowest BCUT2D eigenvalue weighted by atomic mass is 10.2. The monoisotopic (exact) mass is 346 g/mol. The first-order chi connectivity index (χ1) is 12.1. The molecule has 0 fully saturated rings. The molecule has 4 rings (SSSR count). The first kappa shape index (κ1) is 15.8. The lowest BCUT2D eigenvalue weighted by molar-refractivity contribution is 0.474. The van der Waals surface area contributed by atoms with Crippen LogP contribution in [0.1, 0.15) is 5.56 Å². The average molecular weight is 346 g/mol. The summed E-state index contributed by atoms with van der Waals surface area (Å²) in [7, 11) is 2.05. The summed E-state index contributed by atoms with van der Waals surface area (Å²) in [6.45, 7) is 4.73. The van der Waals surface area contributed by atoms with Crippen molar-refractivity contribution < 1.29 is 5.11 Å². The number of hydrogen-bond acceptors (Lipinski definition) is 4. The van der Waals surface area contributed by atoms with Crippen molar-refractivity contribution in [3.8, 4) is 5.75 Å². The van der Waals surface area contributed by atoms with Crippen LogP contribution < -0.4 is 15.5 Å². The van der Waals surface area contributed by atoms with Crippen LogP contribution in [0, 0.1) is 0 Å². The summed E-state index contributed by atoms with van der Waals surface area (Å²) in [5.74, 6) is 0.297. The number of phenolic OH excluding ortho intramolecular Hbond substituents is 1. The predicted octanol–water partition coefficient (Wildman–Crippen LogP) is 3.85. The van der Waals surface area contributed by atoms with Gasteiger partial charge in [-0.2, -0.15) is 0 Å². The maximum absolute atomic E-state index is 9.63. The molecule has 0 amide bonds. The van der Waals surface area contributed by atoms with Crippen LogP contribution >= 0.6 is 11.8 Å². The van der Waals surface area contributed by atoms with E-state index in [0.29, 0.717) is 5.75 Å². The van der Waals surface area contributed by atoms with Gasteiger partial charge in [0.1, 0.15) is 5.75 Å². The van der Waals surface area contributed by atoms with Gasteiger partial charge < -0.3 is 10.0 Å². The molecule has 1 heterocycles. The summed E-state index contributed by atoms with van der Waals surface area (Å²) >= 11 is 1.74. The Hall–Kier alpha value is -2.72. The van der Waals surface area contributed by atoms with Crippen molar-refractivity contribution in [2.24, 2.45) is 4.99 Å². The average Bonchev–Trinajstić information content (AvgIpc) is 2.59. The Kier molecular flexibility index (Phi) is 3.98. The van der Waals surface area contributed by atoms with Gasteiger partial charge in [0.25, 0.3) is 0 Å². The summed E-state index contributed by atoms with van der Waals surface area (Å²) in [5.41, 5.74) is 3.20. The minimum absolute atomic E-state index is 0.297. The van der Waals surface area contributed by atoms with Gasteiger partial charge in [0, 0.05) is 29.1 Å². The van der Waals surface area contributed by atoms with E-state index in [1.807, 2.05) is 24.3 Å². The Morgan fingerprint density at radius 2 is 1.92 bits per heavy atom. The van der Waals surface area contributed by atoms with Crippen LogP contribution in [0.15, 0.2) is 75.4 Å². The summed E-state index contributed by atoms with van der Waals surface area (Å²) in [6, 6.07) is 19.8. The quantitative estimate of drug-likeness (QED) is 0.612. The zero-order valence-electron chi connectivity index (χ0n) is 13.9. The van der Waals surface area contributed by atoms with E-state index >= 15 is 0 Å². The largest absolute Gasteiger partial charge is 0.508 e. The Labute approximate surface area is 151 Å². The first-order valence-electron chi connectivity index (χ1n) is 8.07. The summed E-state index contributed by atoms with van der Waals surface area (Å²) < 4.78 is 0. The second-order valence-corrected chi connectivity index (χ2v) is 7.28. The minimum Gasteiger partial charge on any atom is -0.508 e. The molecule has 3 aromatic carbocycles. The van der Waals surface area contributed by atoms with Gasteiger partial charge in [-0.25, -0.2) is 4.99 Å². The van der Waals surface area contributed by atoms with E-state index in [-0.39, 0.29) is 0 Å². The molecular weight excluding hydrogens is 328 g/mol. The highest BCUT2D eigenvalue weighted by Gasteiger charge is 2.13. The van der Waals surface area contributed by atoms with Crippen molar-refractivity contribution in [1.82, 2.24) is 0 Å². The molecule has 0 saturated heterocycles. The summed E-state index contributed by atoms with van der Waals surface area (Å²) in [4.78, 5) is 9.21. The molecule has 3 aromatic rings. The predicted molar refractivity (Wildman–Crippen MR) is 103 cm³/mol. The highest BCUT2D eigenvalue weighted by molar-refractivity contribution is 7.99. The Balaban J connectivity index is 1.64. The normalized spacial score (nSPS) is 12.0. The van der Waals surface area contributed by atoms with Crippen LogP contribution in [0.5, 0.6) is 5.75 Å². The molecule has 0 spiro atoms. The molecule has 1 N–H and O–H groups in total. The molecule has 0 saturated carbocycles. The smallest absolute Gasteiger partial charge is 0.115 e. The zero-order chi connectivity index (χ0) is 17.4. The Bertz CT molecular complexity index is 1060. The third kappa shape index (κ3) is 3.26. The van der Waals surface area contributed by atoms with Crippen LogP contribution in [-0.2, 0) is 6.54 Å². The van der Waals surface area contributed by atoms with E-state index in [4.69, 9.17) is 4.99 Å². The Morgan fingerprint density at radius 1 is 1.04 bits per heavy atom. The van der Waals surface area contributed by atoms with Gasteiger partial charge in [-0.3, -0.25) is 0 Å². The molecule has 0 radical (unpaired) electrons. The lowest BCUT2D eigenvalue weighted by Gasteiger charge is -2.22. The number of phenols is 1. The van der Waals surface area contributed by atoms with Crippen LogP contribution in [0.25, 0.3) is 6.58 Å². The van der Waals surface area contributed by atoms with Gasteiger partial charge >= 0.3 is 0 Å². The van der Waals surface area contributed by atoms with Crippen molar-refractivity contribution >= 4 is 29.7 Å². The van der Waals surface area contributed by atoms with Gasteiger partial charge in [-0.15, -0.1) is 0 Å². The fraction of sp³-hybridized carbons (Fsp3) is 0.0952. The summed E-state index contributed by atoms with van der Waals surface area (Å²) in [5, 5.41) is 11.6. The molecule has 3 nitrogen and oxygen atoms in total. The van der Waals surface area contributed by atoms with E-state index in [1.54, 1.807) is 23.9 Å². The van der Waals surface area contributed by atoms with Gasteiger partial charge in [-0.05, 0) is 53.2 Å². The zero-order valence-corrected chi connectivity index (χ0v) is 14.8. The SMILES string of the molecule is C=c1ccc2c(c1)Sc1cc(N(C)Cc3cccc(O)c3)ccc1N=2. The fourth-order valence-corrected chi connectivity index (χ4v) is 3.98. The fourth-order valence-electron chi connectivity index (χ4n) is 2.92. The van der Waals surface area contributed by atoms with Crippen molar-refractivity contribution in [3.63, 3.8) is 0 Å². The molecule has 0 aromatic heterocycles. The maximum Gasteiger partial charge on any atom is 0.115 e. The topological polar surface area (TPSA) is 35.8 Å². The number of rotatable bonds is 3. The highest BCUT2D eigenvalue weighted by atomic mass is 32.2. The molecule has 1 aliphatic rings. The molecule has 4 heteroatoms. The van der Waals surface area contributed by atoms with Crippen molar-refractivity contribution in [1.29, 1.82) is 0 Å². The lowest BCUT2D eigenvalue weighted by Crippen LogP contribution is -2.17. The van der Waals surface area contributed by atoms with Crippen molar-refractivity contribution in [3.05, 3.63) is 76.8 Å². The van der Waals surface area contributed by atoms with Gasteiger partial charge in [0.15, 0.2) is 0 Å². The van der Waals surface area contributed by atoms with Crippen molar-refractivity contribution in [2.75, 3.05) is 11.9 Å². The summed E-state index contributed by atoms with van der Waals surface area (Å²) in [6.07, 6.45) is 0. The number of aromatic hydroxyl groups is 1. The minimum atomic E-state index is 0.297. The van der Waals surface area contributed by atoms with Gasteiger partial charge in [0.05, 0.1) is 11.0 Å². The molecule has 1 aliphatic heterocycles. The molecular formula is C21H18N2OS. The van der Waals surface area contributed by atoms with Crippen LogP contribution in [0.4, 0.5) is 11.4 Å². The van der Waals surface area contributed by atoms with E-state index in [9.17, 15) is 5.11 Å². The highest BCUT2D eigenvalue weighted by Crippen LogP contribution is 2.38. The number of nitrogens with zero attached hydrogens (tertiary/aromatic N) is 2. The second kappa shape index (κ2) is 6.30. The molecule has 25 heavy (non-hydrogen) atoms. The number of fused-ring (bicyclic) bond motifs is 2. The number of benzene rings is 3. The third-order valence-corrected chi connectivity index (χ3v) is 5.29. The van der Waals surface area contributed by atoms with E-state index < -0.39 is 0 Å². The van der Waals surface area contributed by atoms with Gasteiger partial charge in [0.2, 0.25) is 0 Å². The Morgan fingerprint density at radius 3 is 2.76 bits per heavy atom. The molecule has 124 valence electrons. The van der Waals surface area contributed by atoms with Crippen LogP contribution in [0.2, 0.25) is 0 Å². The molecule has 0 bridgehead atoms. The van der Waals surface area contributed by atoms with Crippen molar-refractivity contribution in [2.45, 2.75) is 16.3 Å². The standard InChI is InChI=1S/C21H18N2OS/c1-14-6-8-18-20(10-14)25-21-12-16(7-9-19(21)22-18)23(2)13-15-4-3-5-17(24)11-15/h3-12,24H,1,13H2,2H3. The van der Waals surface area contributed by atoms with Crippen LogP contribution in [0.3, 0.4) is 0 Å². The molecule has 0 aliphatic carbocycles. The van der Waals surface area contributed by atoms with Gasteiger partial charge in [-0.1, -0.05) is 36.5 Å². The number of anilines is 1. The first-order valence-corrected chi connectivity index (χ1v) is 8.89. The van der Waals surface area contributed by atoms with E-state index in [0.717, 1.165) is 43.8 Å². The molecule has 0 unspecified atom stereocenters. The second-order valence-electron chi connectivity index (χ2n) is 6.19. The number of hydrogen-bond donors (Lipinski definition) is 1. The van der Waals surface area contributed by atoms with E-state index in [2.05, 4.69) is 42.8 Å². The van der Waals surface area contributed by atoms with E-state index in [1.165, 1.54) is 0 Å².